The summed E-state index contributed by atoms with van der Waals surface area (Å²) in [6, 6.07) is 9.02. The Morgan fingerprint density at radius 3 is 2.33 bits per heavy atom. The van der Waals surface area contributed by atoms with E-state index in [0.29, 0.717) is 5.69 Å². The number of esters is 2. The predicted molar refractivity (Wildman–Crippen MR) is 98.4 cm³/mol. The molecule has 2 aromatic carbocycles. The van der Waals surface area contributed by atoms with Crippen molar-refractivity contribution in [3.63, 3.8) is 0 Å². The highest BCUT2D eigenvalue weighted by molar-refractivity contribution is 7.92. The van der Waals surface area contributed by atoms with E-state index in [2.05, 4.69) is 14.2 Å². The smallest absolute Gasteiger partial charge is 0.339 e. The summed E-state index contributed by atoms with van der Waals surface area (Å²) in [5.74, 6) is -1.53. The minimum Gasteiger partial charge on any atom is -0.465 e. The lowest BCUT2D eigenvalue weighted by atomic mass is 10.1. The van der Waals surface area contributed by atoms with E-state index < -0.39 is 22.0 Å². The van der Waals surface area contributed by atoms with E-state index in [1.165, 1.54) is 24.8 Å². The van der Waals surface area contributed by atoms with Gasteiger partial charge in [-0.1, -0.05) is 6.07 Å². The van der Waals surface area contributed by atoms with Crippen LogP contribution in [0.25, 0.3) is 0 Å². The maximum atomic E-state index is 12.9. The molecule has 0 saturated carbocycles. The Kier molecular flexibility index (Phi) is 5.18. The SMILES string of the molecule is COC(=O)c1ccc(C(=O)OC)c(S(=O)(=O)Nc2ccc3c(c2)CCC3)c1. The average molecular weight is 389 g/mol. The molecule has 2 aromatic rings. The minimum atomic E-state index is -4.14. The zero-order valence-electron chi connectivity index (χ0n) is 14.9. The Balaban J connectivity index is 2.03. The molecule has 0 heterocycles. The van der Waals surface area contributed by atoms with Crippen molar-refractivity contribution in [2.75, 3.05) is 18.9 Å². The summed E-state index contributed by atoms with van der Waals surface area (Å²) < 4.78 is 37.6. The number of fused-ring (bicyclic) bond motifs is 1. The van der Waals surface area contributed by atoms with Crippen LogP contribution in [-0.4, -0.2) is 34.6 Å². The quantitative estimate of drug-likeness (QED) is 0.789. The Hall–Kier alpha value is -2.87. The summed E-state index contributed by atoms with van der Waals surface area (Å²) in [7, 11) is -1.80. The number of hydrogen-bond donors (Lipinski definition) is 1. The Morgan fingerprint density at radius 1 is 0.926 bits per heavy atom. The number of aryl methyl sites for hydroxylation is 2. The summed E-state index contributed by atoms with van der Waals surface area (Å²) in [6.07, 6.45) is 2.92. The standard InChI is InChI=1S/C19H19NO6S/c1-25-18(21)14-7-9-16(19(22)26-2)17(11-14)27(23,24)20-15-8-6-12-4-3-5-13(12)10-15/h6-11,20H,3-5H2,1-2H3. The number of anilines is 1. The molecule has 1 N–H and O–H groups in total. The highest BCUT2D eigenvalue weighted by Crippen LogP contribution is 2.27. The topological polar surface area (TPSA) is 98.8 Å². The number of rotatable bonds is 5. The maximum Gasteiger partial charge on any atom is 0.339 e. The van der Waals surface area contributed by atoms with Gasteiger partial charge in [0, 0.05) is 5.69 Å². The van der Waals surface area contributed by atoms with E-state index in [-0.39, 0.29) is 16.0 Å². The van der Waals surface area contributed by atoms with Gasteiger partial charge in [0.05, 0.1) is 25.3 Å². The molecule has 0 bridgehead atoms. The predicted octanol–water partition coefficient (Wildman–Crippen LogP) is 2.55. The van der Waals surface area contributed by atoms with Crippen LogP contribution in [-0.2, 0) is 32.3 Å². The third-order valence-electron chi connectivity index (χ3n) is 4.45. The Bertz CT molecular complexity index is 1010. The molecule has 0 radical (unpaired) electrons. The molecule has 1 aliphatic carbocycles. The van der Waals surface area contributed by atoms with Gasteiger partial charge in [-0.3, -0.25) is 4.72 Å². The van der Waals surface area contributed by atoms with Gasteiger partial charge in [-0.05, 0) is 60.7 Å². The molecule has 0 saturated heterocycles. The molecule has 0 spiro atoms. The molecular weight excluding hydrogens is 370 g/mol. The Labute approximate surface area is 157 Å². The molecule has 0 atom stereocenters. The molecule has 0 aromatic heterocycles. The zero-order chi connectivity index (χ0) is 19.6. The van der Waals surface area contributed by atoms with E-state index in [1.54, 1.807) is 12.1 Å². The van der Waals surface area contributed by atoms with Crippen LogP contribution in [0.2, 0.25) is 0 Å². The van der Waals surface area contributed by atoms with Gasteiger partial charge in [-0.2, -0.15) is 0 Å². The van der Waals surface area contributed by atoms with Crippen molar-refractivity contribution >= 4 is 27.6 Å². The fourth-order valence-electron chi connectivity index (χ4n) is 3.11. The molecule has 0 amide bonds. The van der Waals surface area contributed by atoms with Gasteiger partial charge < -0.3 is 9.47 Å². The third kappa shape index (κ3) is 3.80. The van der Waals surface area contributed by atoms with Gasteiger partial charge >= 0.3 is 11.9 Å². The van der Waals surface area contributed by atoms with Crippen LogP contribution >= 0.6 is 0 Å². The van der Waals surface area contributed by atoms with Crippen LogP contribution in [0.5, 0.6) is 0 Å². The zero-order valence-corrected chi connectivity index (χ0v) is 15.8. The van der Waals surface area contributed by atoms with Crippen LogP contribution in [0.1, 0.15) is 38.3 Å². The maximum absolute atomic E-state index is 12.9. The molecule has 1 aliphatic rings. The van der Waals surface area contributed by atoms with E-state index in [1.807, 2.05) is 6.07 Å². The lowest BCUT2D eigenvalue weighted by molar-refractivity contribution is 0.0583. The van der Waals surface area contributed by atoms with Crippen molar-refractivity contribution in [1.82, 2.24) is 0 Å². The second-order valence-electron chi connectivity index (χ2n) is 6.14. The number of hydrogen-bond acceptors (Lipinski definition) is 6. The van der Waals surface area contributed by atoms with Crippen molar-refractivity contribution in [2.24, 2.45) is 0 Å². The summed E-state index contributed by atoms with van der Waals surface area (Å²) in [6.45, 7) is 0. The molecule has 7 nitrogen and oxygen atoms in total. The first-order chi connectivity index (χ1) is 12.9. The fraction of sp³-hybridized carbons (Fsp3) is 0.263. The van der Waals surface area contributed by atoms with Crippen LogP contribution in [0.4, 0.5) is 5.69 Å². The van der Waals surface area contributed by atoms with Crippen LogP contribution in [0.3, 0.4) is 0 Å². The van der Waals surface area contributed by atoms with Crippen molar-refractivity contribution in [3.8, 4) is 0 Å². The lowest BCUT2D eigenvalue weighted by Crippen LogP contribution is -2.19. The highest BCUT2D eigenvalue weighted by atomic mass is 32.2. The lowest BCUT2D eigenvalue weighted by Gasteiger charge is -2.13. The van der Waals surface area contributed by atoms with Crippen LogP contribution in [0.15, 0.2) is 41.3 Å². The van der Waals surface area contributed by atoms with Gasteiger partial charge in [0.2, 0.25) is 0 Å². The number of ether oxygens (including phenoxy) is 2. The largest absolute Gasteiger partial charge is 0.465 e. The summed E-state index contributed by atoms with van der Waals surface area (Å²) >= 11 is 0. The first-order valence-corrected chi connectivity index (χ1v) is 9.79. The van der Waals surface area contributed by atoms with Crippen molar-refractivity contribution in [2.45, 2.75) is 24.2 Å². The molecule has 8 heteroatoms. The average Bonchev–Trinajstić information content (AvgIpc) is 3.13. The Morgan fingerprint density at radius 2 is 1.63 bits per heavy atom. The monoisotopic (exact) mass is 389 g/mol. The minimum absolute atomic E-state index is 0.0134. The van der Waals surface area contributed by atoms with Crippen molar-refractivity contribution in [3.05, 3.63) is 58.7 Å². The summed E-state index contributed by atoms with van der Waals surface area (Å²) in [5.41, 5.74) is 2.56. The summed E-state index contributed by atoms with van der Waals surface area (Å²) in [5, 5.41) is 0. The highest BCUT2D eigenvalue weighted by Gasteiger charge is 2.26. The van der Waals surface area contributed by atoms with Gasteiger partial charge in [0.15, 0.2) is 0 Å². The number of sulfonamides is 1. The number of carbonyl (C=O) groups is 2. The number of benzene rings is 2. The molecule has 0 unspecified atom stereocenters. The number of methoxy groups -OCH3 is 2. The summed E-state index contributed by atoms with van der Waals surface area (Å²) in [4.78, 5) is 23.4. The molecule has 142 valence electrons. The number of nitrogens with one attached hydrogen (secondary N) is 1. The van der Waals surface area contributed by atoms with Gasteiger partial charge in [0.1, 0.15) is 4.90 Å². The normalized spacial score (nSPS) is 13.0. The van der Waals surface area contributed by atoms with Gasteiger partial charge in [-0.15, -0.1) is 0 Å². The van der Waals surface area contributed by atoms with E-state index >= 15 is 0 Å². The molecule has 3 rings (SSSR count). The van der Waals surface area contributed by atoms with Crippen molar-refractivity contribution < 1.29 is 27.5 Å². The molecule has 27 heavy (non-hydrogen) atoms. The molecular formula is C19H19NO6S. The van der Waals surface area contributed by atoms with E-state index in [0.717, 1.165) is 38.0 Å². The van der Waals surface area contributed by atoms with E-state index in [4.69, 9.17) is 0 Å². The van der Waals surface area contributed by atoms with Crippen LogP contribution < -0.4 is 4.72 Å². The second kappa shape index (κ2) is 7.40. The molecule has 0 aliphatic heterocycles. The van der Waals surface area contributed by atoms with Gasteiger partial charge in [0.25, 0.3) is 10.0 Å². The molecule has 0 fully saturated rings. The van der Waals surface area contributed by atoms with E-state index in [9.17, 15) is 18.0 Å². The van der Waals surface area contributed by atoms with Gasteiger partial charge in [-0.25, -0.2) is 18.0 Å². The fourth-order valence-corrected chi connectivity index (χ4v) is 4.38. The first kappa shape index (κ1) is 18.9. The van der Waals surface area contributed by atoms with Crippen molar-refractivity contribution in [1.29, 1.82) is 0 Å². The third-order valence-corrected chi connectivity index (χ3v) is 5.87. The van der Waals surface area contributed by atoms with Crippen LogP contribution in [0, 0.1) is 0 Å². The number of carbonyl (C=O) groups excluding carboxylic acids is 2. The second-order valence-corrected chi connectivity index (χ2v) is 7.79. The first-order valence-electron chi connectivity index (χ1n) is 8.31.